The summed E-state index contributed by atoms with van der Waals surface area (Å²) in [6, 6.07) is 0. The Balaban J connectivity index is 1.91. The van der Waals surface area contributed by atoms with Crippen molar-refractivity contribution in [3.63, 3.8) is 0 Å². The number of hydrogen-bond donors (Lipinski definition) is 2. The van der Waals surface area contributed by atoms with Gasteiger partial charge in [0, 0.05) is 12.8 Å². The summed E-state index contributed by atoms with van der Waals surface area (Å²) >= 11 is 0. The summed E-state index contributed by atoms with van der Waals surface area (Å²) in [4.78, 5) is 22.8. The van der Waals surface area contributed by atoms with E-state index in [1.807, 2.05) is 0 Å². The third-order valence-corrected chi connectivity index (χ3v) is 3.09. The number of nitrogens with two attached hydrogens (primary N) is 1. The van der Waals surface area contributed by atoms with Crippen LogP contribution in [0.2, 0.25) is 0 Å². The van der Waals surface area contributed by atoms with Gasteiger partial charge in [-0.05, 0) is 20.8 Å². The highest BCUT2D eigenvalue weighted by Crippen LogP contribution is 2.51. The monoisotopic (exact) mass is 242 g/mol. The van der Waals surface area contributed by atoms with Crippen LogP contribution >= 0.6 is 0 Å². The van der Waals surface area contributed by atoms with E-state index in [0.717, 1.165) is 0 Å². The van der Waals surface area contributed by atoms with Gasteiger partial charge >= 0.3 is 6.09 Å². The Labute approximate surface area is 99.8 Å². The van der Waals surface area contributed by atoms with E-state index < -0.39 is 28.7 Å². The van der Waals surface area contributed by atoms with Gasteiger partial charge in [-0.1, -0.05) is 0 Å². The minimum Gasteiger partial charge on any atom is -0.444 e. The second kappa shape index (κ2) is 3.35. The number of nitrogens with one attached hydrogen (secondary N) is 1. The minimum atomic E-state index is -0.866. The zero-order chi connectivity index (χ0) is 12.9. The second-order valence-electron chi connectivity index (χ2n) is 5.91. The molecule has 17 heavy (non-hydrogen) atoms. The van der Waals surface area contributed by atoms with Gasteiger partial charge in [0.25, 0.3) is 0 Å². The maximum atomic E-state index is 11.6. The van der Waals surface area contributed by atoms with E-state index in [2.05, 4.69) is 5.32 Å². The number of primary amides is 1. The van der Waals surface area contributed by atoms with Crippen LogP contribution in [0.25, 0.3) is 0 Å². The standard InChI is InChI=1S/C11H18N2O4/c1-9(2,3)17-8(15)13-10-4-11(5-10,7(12)14)16-6-10/h4-6H2,1-3H3,(H2,12,14)(H,13,15). The van der Waals surface area contributed by atoms with E-state index in [-0.39, 0.29) is 0 Å². The molecule has 96 valence electrons. The van der Waals surface area contributed by atoms with Crippen molar-refractivity contribution in [2.45, 2.75) is 50.4 Å². The highest BCUT2D eigenvalue weighted by Gasteiger charge is 2.66. The van der Waals surface area contributed by atoms with Crippen LogP contribution in [0.1, 0.15) is 33.6 Å². The SMILES string of the molecule is CC(C)(C)OC(=O)NC12COC(C(N)=O)(C1)C2. The molecular formula is C11H18N2O4. The first-order chi connectivity index (χ1) is 7.67. The third-order valence-electron chi connectivity index (χ3n) is 3.09. The van der Waals surface area contributed by atoms with Crippen molar-refractivity contribution >= 4 is 12.0 Å². The molecule has 3 aliphatic rings. The summed E-state index contributed by atoms with van der Waals surface area (Å²) < 4.78 is 10.5. The molecule has 0 spiro atoms. The number of ether oxygens (including phenoxy) is 2. The van der Waals surface area contributed by atoms with Gasteiger partial charge in [0.05, 0.1) is 12.1 Å². The van der Waals surface area contributed by atoms with Crippen LogP contribution in [0.5, 0.6) is 0 Å². The quantitative estimate of drug-likeness (QED) is 0.728. The van der Waals surface area contributed by atoms with Gasteiger partial charge in [-0.25, -0.2) is 4.79 Å². The van der Waals surface area contributed by atoms with Crippen molar-refractivity contribution in [1.82, 2.24) is 5.32 Å². The van der Waals surface area contributed by atoms with Crippen LogP contribution in [-0.4, -0.2) is 35.3 Å². The summed E-state index contributed by atoms with van der Waals surface area (Å²) in [5.41, 5.74) is 3.38. The zero-order valence-corrected chi connectivity index (χ0v) is 10.3. The lowest BCUT2D eigenvalue weighted by Gasteiger charge is -2.42. The molecule has 3 fully saturated rings. The molecule has 2 amide bonds. The summed E-state index contributed by atoms with van der Waals surface area (Å²) in [6.45, 7) is 5.70. The molecule has 1 aliphatic carbocycles. The fourth-order valence-corrected chi connectivity index (χ4v) is 2.41. The largest absolute Gasteiger partial charge is 0.444 e. The smallest absolute Gasteiger partial charge is 0.408 e. The summed E-state index contributed by atoms with van der Waals surface area (Å²) in [5, 5.41) is 2.76. The first-order valence-corrected chi connectivity index (χ1v) is 5.62. The average molecular weight is 242 g/mol. The molecule has 0 unspecified atom stereocenters. The summed E-state index contributed by atoms with van der Waals surface area (Å²) in [5.74, 6) is -0.461. The Morgan fingerprint density at radius 3 is 2.35 bits per heavy atom. The second-order valence-corrected chi connectivity index (χ2v) is 5.91. The highest BCUT2D eigenvalue weighted by atomic mass is 16.6. The van der Waals surface area contributed by atoms with Gasteiger partial charge in [-0.2, -0.15) is 0 Å². The summed E-state index contributed by atoms with van der Waals surface area (Å²) in [6.07, 6.45) is 0.393. The van der Waals surface area contributed by atoms with Crippen molar-refractivity contribution in [1.29, 1.82) is 0 Å². The van der Waals surface area contributed by atoms with E-state index in [0.29, 0.717) is 19.4 Å². The Bertz CT molecular complexity index is 366. The lowest BCUT2D eigenvalue weighted by atomic mass is 9.68. The van der Waals surface area contributed by atoms with Crippen LogP contribution in [-0.2, 0) is 14.3 Å². The Morgan fingerprint density at radius 2 is 1.94 bits per heavy atom. The normalized spacial score (nSPS) is 35.0. The molecule has 1 saturated carbocycles. The topological polar surface area (TPSA) is 90.7 Å². The van der Waals surface area contributed by atoms with E-state index in [1.165, 1.54) is 0 Å². The molecule has 6 nitrogen and oxygen atoms in total. The van der Waals surface area contributed by atoms with Gasteiger partial charge in [0.15, 0.2) is 5.60 Å². The van der Waals surface area contributed by atoms with Crippen molar-refractivity contribution in [2.24, 2.45) is 5.73 Å². The number of rotatable bonds is 2. The minimum absolute atomic E-state index is 0.315. The Morgan fingerprint density at radius 1 is 1.35 bits per heavy atom. The first kappa shape index (κ1) is 12.2. The van der Waals surface area contributed by atoms with Crippen LogP contribution < -0.4 is 11.1 Å². The first-order valence-electron chi connectivity index (χ1n) is 5.62. The molecule has 0 atom stereocenters. The predicted octanol–water partition coefficient (Wildman–Crippen LogP) is 0.298. The van der Waals surface area contributed by atoms with E-state index in [1.54, 1.807) is 20.8 Å². The molecule has 6 heteroatoms. The van der Waals surface area contributed by atoms with Crippen LogP contribution in [0.15, 0.2) is 0 Å². The van der Waals surface area contributed by atoms with E-state index in [9.17, 15) is 9.59 Å². The molecule has 0 aromatic carbocycles. The van der Waals surface area contributed by atoms with Crippen molar-refractivity contribution in [2.75, 3.05) is 6.61 Å². The maximum absolute atomic E-state index is 11.6. The molecule has 3 N–H and O–H groups in total. The number of hydrogen-bond acceptors (Lipinski definition) is 4. The Kier molecular flexibility index (Phi) is 2.40. The van der Waals surface area contributed by atoms with E-state index in [4.69, 9.17) is 15.2 Å². The lowest BCUT2D eigenvalue weighted by Crippen LogP contribution is -2.64. The third kappa shape index (κ3) is 2.09. The van der Waals surface area contributed by atoms with Gasteiger partial charge < -0.3 is 20.5 Å². The molecule has 0 radical (unpaired) electrons. The molecule has 0 aromatic rings. The summed E-state index contributed by atoms with van der Waals surface area (Å²) in [7, 11) is 0. The van der Waals surface area contributed by atoms with Gasteiger partial charge in [0.2, 0.25) is 5.91 Å². The van der Waals surface area contributed by atoms with Crippen molar-refractivity contribution in [3.05, 3.63) is 0 Å². The highest BCUT2D eigenvalue weighted by molar-refractivity contribution is 5.86. The fraction of sp³-hybridized carbons (Fsp3) is 0.818. The lowest BCUT2D eigenvalue weighted by molar-refractivity contribution is -0.140. The Hall–Kier alpha value is -1.30. The van der Waals surface area contributed by atoms with Crippen LogP contribution in [0, 0.1) is 0 Å². The molecule has 3 rings (SSSR count). The zero-order valence-electron chi connectivity index (χ0n) is 10.3. The fourth-order valence-electron chi connectivity index (χ4n) is 2.41. The predicted molar refractivity (Wildman–Crippen MR) is 59.2 cm³/mol. The molecule has 0 aromatic heterocycles. The van der Waals surface area contributed by atoms with Gasteiger partial charge in [0.1, 0.15) is 5.60 Å². The molecular weight excluding hydrogens is 224 g/mol. The molecule has 2 saturated heterocycles. The van der Waals surface area contributed by atoms with Crippen molar-refractivity contribution < 1.29 is 19.1 Å². The molecule has 2 heterocycles. The number of amides is 2. The average Bonchev–Trinajstić information content (AvgIpc) is 2.54. The molecule has 2 aliphatic heterocycles. The number of alkyl carbamates (subject to hydrolysis) is 1. The van der Waals surface area contributed by atoms with Gasteiger partial charge in [-0.15, -0.1) is 0 Å². The molecule has 2 bridgehead atoms. The van der Waals surface area contributed by atoms with Crippen molar-refractivity contribution in [3.8, 4) is 0 Å². The number of fused-ring (bicyclic) bond motifs is 1. The van der Waals surface area contributed by atoms with E-state index >= 15 is 0 Å². The van der Waals surface area contributed by atoms with Crippen LogP contribution in [0.3, 0.4) is 0 Å². The maximum Gasteiger partial charge on any atom is 0.408 e. The number of carbonyl (C=O) groups is 2. The van der Waals surface area contributed by atoms with Crippen LogP contribution in [0.4, 0.5) is 4.79 Å². The number of carbonyl (C=O) groups excluding carboxylic acids is 2. The van der Waals surface area contributed by atoms with Gasteiger partial charge in [-0.3, -0.25) is 4.79 Å².